The second-order valence-corrected chi connectivity index (χ2v) is 4.68. The molecular weight excluding hydrogens is 260 g/mol. The minimum atomic E-state index is -0.508. The SMILES string of the molecule is CCOC(=O)C(NCc1ccccc1)c1cscn1. The van der Waals surface area contributed by atoms with Gasteiger partial charge in [-0.25, -0.2) is 9.78 Å². The van der Waals surface area contributed by atoms with Crippen LogP contribution in [-0.4, -0.2) is 17.6 Å². The smallest absolute Gasteiger partial charge is 0.329 e. The van der Waals surface area contributed by atoms with Crippen LogP contribution >= 0.6 is 11.3 Å². The molecule has 0 radical (unpaired) electrons. The number of nitrogens with zero attached hydrogens (tertiary/aromatic N) is 1. The quantitative estimate of drug-likeness (QED) is 0.824. The van der Waals surface area contributed by atoms with Gasteiger partial charge in [-0.15, -0.1) is 11.3 Å². The molecule has 0 fully saturated rings. The molecule has 0 saturated heterocycles. The van der Waals surface area contributed by atoms with Crippen LogP contribution in [0.15, 0.2) is 41.2 Å². The molecule has 1 aromatic heterocycles. The molecule has 0 saturated carbocycles. The normalized spacial score (nSPS) is 12.1. The Hall–Kier alpha value is -1.72. The fourth-order valence-corrected chi connectivity index (χ4v) is 2.29. The molecule has 0 aliphatic heterocycles. The number of carbonyl (C=O) groups is 1. The number of aromatic nitrogens is 1. The van der Waals surface area contributed by atoms with Crippen LogP contribution in [0.5, 0.6) is 0 Å². The van der Waals surface area contributed by atoms with E-state index in [2.05, 4.69) is 10.3 Å². The molecule has 4 nitrogen and oxygen atoms in total. The number of hydrogen-bond donors (Lipinski definition) is 1. The van der Waals surface area contributed by atoms with E-state index in [-0.39, 0.29) is 5.97 Å². The van der Waals surface area contributed by atoms with Crippen LogP contribution in [0, 0.1) is 0 Å². The van der Waals surface area contributed by atoms with Crippen LogP contribution in [0.4, 0.5) is 0 Å². The first-order chi connectivity index (χ1) is 9.31. The lowest BCUT2D eigenvalue weighted by molar-refractivity contribution is -0.146. The van der Waals surface area contributed by atoms with Crippen LogP contribution in [-0.2, 0) is 16.1 Å². The zero-order valence-corrected chi connectivity index (χ0v) is 11.5. The number of nitrogens with one attached hydrogen (secondary N) is 1. The summed E-state index contributed by atoms with van der Waals surface area (Å²) in [6, 6.07) is 9.42. The number of thiazole rings is 1. The second-order valence-electron chi connectivity index (χ2n) is 3.96. The van der Waals surface area contributed by atoms with E-state index in [9.17, 15) is 4.79 Å². The molecule has 0 spiro atoms. The third-order valence-electron chi connectivity index (χ3n) is 2.62. The molecule has 1 aromatic carbocycles. The highest BCUT2D eigenvalue weighted by atomic mass is 32.1. The summed E-state index contributed by atoms with van der Waals surface area (Å²) in [5.74, 6) is -0.288. The Bertz CT molecular complexity index is 499. The Morgan fingerprint density at radius 3 is 2.84 bits per heavy atom. The van der Waals surface area contributed by atoms with Gasteiger partial charge in [-0.2, -0.15) is 0 Å². The molecule has 5 heteroatoms. The molecular formula is C14H16N2O2S. The Morgan fingerprint density at radius 1 is 1.42 bits per heavy atom. The van der Waals surface area contributed by atoms with E-state index in [1.54, 1.807) is 12.4 Å². The van der Waals surface area contributed by atoms with Crippen molar-refractivity contribution in [2.45, 2.75) is 19.5 Å². The van der Waals surface area contributed by atoms with Gasteiger partial charge in [0.25, 0.3) is 0 Å². The van der Waals surface area contributed by atoms with E-state index in [0.29, 0.717) is 18.8 Å². The van der Waals surface area contributed by atoms with Crippen molar-refractivity contribution in [1.29, 1.82) is 0 Å². The molecule has 1 atom stereocenters. The number of esters is 1. The van der Waals surface area contributed by atoms with Gasteiger partial charge in [0, 0.05) is 11.9 Å². The van der Waals surface area contributed by atoms with Crippen molar-refractivity contribution in [3.8, 4) is 0 Å². The monoisotopic (exact) mass is 276 g/mol. The van der Waals surface area contributed by atoms with Gasteiger partial charge < -0.3 is 4.74 Å². The minimum Gasteiger partial charge on any atom is -0.465 e. The van der Waals surface area contributed by atoms with Crippen molar-refractivity contribution in [2.75, 3.05) is 6.61 Å². The summed E-state index contributed by atoms with van der Waals surface area (Å²) in [5, 5.41) is 5.05. The van der Waals surface area contributed by atoms with Gasteiger partial charge in [0.15, 0.2) is 0 Å². The lowest BCUT2D eigenvalue weighted by Gasteiger charge is -2.15. The average molecular weight is 276 g/mol. The van der Waals surface area contributed by atoms with Gasteiger partial charge in [0.2, 0.25) is 0 Å². The van der Waals surface area contributed by atoms with Gasteiger partial charge in [-0.3, -0.25) is 5.32 Å². The maximum absolute atomic E-state index is 11.9. The zero-order valence-electron chi connectivity index (χ0n) is 10.7. The molecule has 100 valence electrons. The minimum absolute atomic E-state index is 0.288. The fraction of sp³-hybridized carbons (Fsp3) is 0.286. The highest BCUT2D eigenvalue weighted by molar-refractivity contribution is 7.07. The molecule has 19 heavy (non-hydrogen) atoms. The molecule has 1 unspecified atom stereocenters. The fourth-order valence-electron chi connectivity index (χ4n) is 1.71. The number of ether oxygens (including phenoxy) is 1. The zero-order chi connectivity index (χ0) is 13.5. The highest BCUT2D eigenvalue weighted by Crippen LogP contribution is 2.15. The third-order valence-corrected chi connectivity index (χ3v) is 3.23. The predicted molar refractivity (Wildman–Crippen MR) is 74.8 cm³/mol. The Balaban J connectivity index is 2.04. The van der Waals surface area contributed by atoms with Crippen molar-refractivity contribution in [3.05, 3.63) is 52.5 Å². The first kappa shape index (κ1) is 13.7. The summed E-state index contributed by atoms with van der Waals surface area (Å²) in [7, 11) is 0. The van der Waals surface area contributed by atoms with Crippen molar-refractivity contribution >= 4 is 17.3 Å². The first-order valence-electron chi connectivity index (χ1n) is 6.13. The summed E-state index contributed by atoms with van der Waals surface area (Å²) < 4.78 is 5.08. The lowest BCUT2D eigenvalue weighted by atomic mass is 10.2. The summed E-state index contributed by atoms with van der Waals surface area (Å²) in [6.07, 6.45) is 0. The van der Waals surface area contributed by atoms with Crippen molar-refractivity contribution in [2.24, 2.45) is 0 Å². The van der Waals surface area contributed by atoms with E-state index in [4.69, 9.17) is 4.74 Å². The standard InChI is InChI=1S/C14H16N2O2S/c1-2-18-14(17)13(12-9-19-10-16-12)15-8-11-6-4-3-5-7-11/h3-7,9-10,13,15H,2,8H2,1H3. The van der Waals surface area contributed by atoms with E-state index >= 15 is 0 Å². The molecule has 2 aromatic rings. The molecule has 1 heterocycles. The van der Waals surface area contributed by atoms with Crippen LogP contribution < -0.4 is 5.32 Å². The van der Waals surface area contributed by atoms with Crippen molar-refractivity contribution < 1.29 is 9.53 Å². The van der Waals surface area contributed by atoms with Crippen LogP contribution in [0.2, 0.25) is 0 Å². The molecule has 0 aliphatic carbocycles. The van der Waals surface area contributed by atoms with Crippen molar-refractivity contribution in [1.82, 2.24) is 10.3 Å². The topological polar surface area (TPSA) is 51.2 Å². The molecule has 0 aliphatic rings. The lowest BCUT2D eigenvalue weighted by Crippen LogP contribution is -2.30. The van der Waals surface area contributed by atoms with E-state index in [1.807, 2.05) is 35.7 Å². The van der Waals surface area contributed by atoms with Crippen molar-refractivity contribution in [3.63, 3.8) is 0 Å². The van der Waals surface area contributed by atoms with Gasteiger partial charge >= 0.3 is 5.97 Å². The molecule has 2 rings (SSSR count). The molecule has 1 N–H and O–H groups in total. The van der Waals surface area contributed by atoms with Crippen LogP contribution in [0.3, 0.4) is 0 Å². The third kappa shape index (κ3) is 3.87. The van der Waals surface area contributed by atoms with E-state index < -0.39 is 6.04 Å². The number of hydrogen-bond acceptors (Lipinski definition) is 5. The average Bonchev–Trinajstić information content (AvgIpc) is 2.94. The van der Waals surface area contributed by atoms with Crippen LogP contribution in [0.25, 0.3) is 0 Å². The summed E-state index contributed by atoms with van der Waals surface area (Å²) in [5.41, 5.74) is 3.54. The summed E-state index contributed by atoms with van der Waals surface area (Å²) >= 11 is 1.47. The molecule has 0 amide bonds. The Labute approximate surface area is 116 Å². The largest absolute Gasteiger partial charge is 0.465 e. The van der Waals surface area contributed by atoms with E-state index in [1.165, 1.54) is 11.3 Å². The maximum atomic E-state index is 11.9. The summed E-state index contributed by atoms with van der Waals surface area (Å²) in [4.78, 5) is 16.1. The maximum Gasteiger partial charge on any atom is 0.329 e. The van der Waals surface area contributed by atoms with E-state index in [0.717, 1.165) is 5.56 Å². The highest BCUT2D eigenvalue weighted by Gasteiger charge is 2.23. The second kappa shape index (κ2) is 7.01. The van der Waals surface area contributed by atoms with Gasteiger partial charge in [0.1, 0.15) is 6.04 Å². The first-order valence-corrected chi connectivity index (χ1v) is 7.07. The number of rotatable bonds is 6. The summed E-state index contributed by atoms with van der Waals surface area (Å²) in [6.45, 7) is 2.77. The van der Waals surface area contributed by atoms with Gasteiger partial charge in [-0.1, -0.05) is 30.3 Å². The van der Waals surface area contributed by atoms with Crippen LogP contribution in [0.1, 0.15) is 24.2 Å². The number of benzene rings is 1. The number of carbonyl (C=O) groups excluding carboxylic acids is 1. The van der Waals surface area contributed by atoms with Gasteiger partial charge in [0.05, 0.1) is 17.8 Å². The molecule has 0 bridgehead atoms. The Morgan fingerprint density at radius 2 is 2.21 bits per heavy atom. The van der Waals surface area contributed by atoms with Gasteiger partial charge in [-0.05, 0) is 12.5 Å². The predicted octanol–water partition coefficient (Wildman–Crippen LogP) is 2.54. The Kier molecular flexibility index (Phi) is 5.06.